The van der Waals surface area contributed by atoms with E-state index in [2.05, 4.69) is 17.4 Å². The summed E-state index contributed by atoms with van der Waals surface area (Å²) < 4.78 is 7.33. The molecule has 1 aromatic carbocycles. The maximum absolute atomic E-state index is 11.3. The summed E-state index contributed by atoms with van der Waals surface area (Å²) >= 11 is 0. The van der Waals surface area contributed by atoms with Gasteiger partial charge in [0.15, 0.2) is 31.3 Å². The molecule has 0 bridgehead atoms. The average molecular weight is 321 g/mol. The van der Waals surface area contributed by atoms with Crippen molar-refractivity contribution in [3.8, 4) is 5.75 Å². The van der Waals surface area contributed by atoms with Crippen LogP contribution >= 0.6 is 0 Å². The van der Waals surface area contributed by atoms with Gasteiger partial charge in [0.05, 0.1) is 0 Å². The molecule has 0 radical (unpaired) electrons. The van der Waals surface area contributed by atoms with Gasteiger partial charge < -0.3 is 27.0 Å². The van der Waals surface area contributed by atoms with Crippen molar-refractivity contribution in [2.75, 3.05) is 11.9 Å². The lowest BCUT2D eigenvalue weighted by atomic mass is 10.2. The standard InChI is InChI=1S/C14H12N2O2.BrH/c17-14-10-18-13-6-7-16(9-12(13)15-14)8-11-4-2-1-3-5-11;/h1-7,9H,8,10H2;1H. The molecule has 19 heavy (non-hydrogen) atoms. The monoisotopic (exact) mass is 320 g/mol. The Balaban J connectivity index is 0.00000133. The van der Waals surface area contributed by atoms with Crippen LogP contribution in [0.4, 0.5) is 5.69 Å². The van der Waals surface area contributed by atoms with E-state index in [0.717, 1.165) is 18.0 Å². The Morgan fingerprint density at radius 3 is 2.79 bits per heavy atom. The van der Waals surface area contributed by atoms with Crippen molar-refractivity contribution in [3.63, 3.8) is 0 Å². The second-order valence-electron chi connectivity index (χ2n) is 4.22. The van der Waals surface area contributed by atoms with Crippen molar-refractivity contribution in [1.82, 2.24) is 0 Å². The number of halogens is 1. The Morgan fingerprint density at radius 1 is 1.21 bits per heavy atom. The van der Waals surface area contributed by atoms with Crippen LogP contribution in [0.15, 0.2) is 48.8 Å². The van der Waals surface area contributed by atoms with Gasteiger partial charge in [-0.1, -0.05) is 30.3 Å². The highest BCUT2D eigenvalue weighted by Crippen LogP contribution is 2.24. The third-order valence-corrected chi connectivity index (χ3v) is 2.82. The molecule has 3 rings (SSSR count). The van der Waals surface area contributed by atoms with Crippen LogP contribution in [0.3, 0.4) is 0 Å². The molecule has 1 aliphatic heterocycles. The number of pyridine rings is 1. The molecular formula is C14H13BrN2O2. The number of carbonyl (C=O) groups is 1. The maximum atomic E-state index is 11.3. The average Bonchev–Trinajstić information content (AvgIpc) is 2.39. The summed E-state index contributed by atoms with van der Waals surface area (Å²) in [6, 6.07) is 12.0. The smallest absolute Gasteiger partial charge is 0.262 e. The van der Waals surface area contributed by atoms with Crippen LogP contribution in [0.2, 0.25) is 0 Å². The van der Waals surface area contributed by atoms with Crippen LogP contribution in [-0.4, -0.2) is 12.5 Å². The molecule has 1 N–H and O–H groups in total. The summed E-state index contributed by atoms with van der Waals surface area (Å²) in [7, 11) is 0. The molecule has 4 nitrogen and oxygen atoms in total. The highest BCUT2D eigenvalue weighted by atomic mass is 79.9. The lowest BCUT2D eigenvalue weighted by Gasteiger charge is -2.15. The number of ether oxygens (including phenoxy) is 1. The van der Waals surface area contributed by atoms with E-state index in [-0.39, 0.29) is 29.5 Å². The Labute approximate surface area is 121 Å². The van der Waals surface area contributed by atoms with E-state index < -0.39 is 0 Å². The van der Waals surface area contributed by atoms with Gasteiger partial charge in [0, 0.05) is 11.6 Å². The fourth-order valence-electron chi connectivity index (χ4n) is 1.97. The Hall–Kier alpha value is -1.88. The summed E-state index contributed by atoms with van der Waals surface area (Å²) in [4.78, 5) is 11.3. The van der Waals surface area contributed by atoms with Gasteiger partial charge >= 0.3 is 0 Å². The van der Waals surface area contributed by atoms with E-state index in [1.807, 2.05) is 41.2 Å². The second kappa shape index (κ2) is 5.84. The first-order valence-electron chi connectivity index (χ1n) is 5.81. The quantitative estimate of drug-likeness (QED) is 0.674. The number of aromatic nitrogens is 1. The minimum atomic E-state index is -0.111. The van der Waals surface area contributed by atoms with E-state index in [1.54, 1.807) is 0 Å². The minimum Gasteiger partial charge on any atom is -1.00 e. The van der Waals surface area contributed by atoms with Gasteiger partial charge in [-0.2, -0.15) is 4.57 Å². The number of rotatable bonds is 2. The fraction of sp³-hybridized carbons (Fsp3) is 0.143. The first-order valence-corrected chi connectivity index (χ1v) is 5.81. The molecule has 1 amide bonds. The van der Waals surface area contributed by atoms with Crippen molar-refractivity contribution in [2.45, 2.75) is 6.54 Å². The van der Waals surface area contributed by atoms with Gasteiger partial charge in [0.25, 0.3) is 5.91 Å². The lowest BCUT2D eigenvalue weighted by molar-refractivity contribution is -0.687. The Kier molecular flexibility index (Phi) is 4.16. The SMILES string of the molecule is O=C1COc2cc[n+](Cc3ccccc3)cc2N1.[Br-]. The summed E-state index contributed by atoms with van der Waals surface area (Å²) in [5.41, 5.74) is 1.94. The van der Waals surface area contributed by atoms with Crippen molar-refractivity contribution >= 4 is 11.6 Å². The lowest BCUT2D eigenvalue weighted by Crippen LogP contribution is -3.00. The van der Waals surface area contributed by atoms with Crippen LogP contribution < -0.4 is 31.6 Å². The predicted molar refractivity (Wildman–Crippen MR) is 66.3 cm³/mol. The third-order valence-electron chi connectivity index (χ3n) is 2.82. The van der Waals surface area contributed by atoms with E-state index in [1.165, 1.54) is 5.56 Å². The largest absolute Gasteiger partial charge is 1.00 e. The van der Waals surface area contributed by atoms with E-state index >= 15 is 0 Å². The molecule has 0 fully saturated rings. The van der Waals surface area contributed by atoms with Crippen molar-refractivity contribution < 1.29 is 31.1 Å². The molecule has 0 saturated heterocycles. The number of hydrogen-bond donors (Lipinski definition) is 1. The van der Waals surface area contributed by atoms with Crippen molar-refractivity contribution in [2.24, 2.45) is 0 Å². The van der Waals surface area contributed by atoms with Gasteiger partial charge in [-0.3, -0.25) is 4.79 Å². The molecule has 1 aromatic heterocycles. The zero-order chi connectivity index (χ0) is 12.4. The molecule has 1 aliphatic rings. The Morgan fingerprint density at radius 2 is 2.00 bits per heavy atom. The fourth-order valence-corrected chi connectivity index (χ4v) is 1.97. The summed E-state index contributed by atoms with van der Waals surface area (Å²) in [6.45, 7) is 0.861. The normalized spacial score (nSPS) is 12.7. The van der Waals surface area contributed by atoms with Crippen LogP contribution in [0.5, 0.6) is 5.75 Å². The second-order valence-corrected chi connectivity index (χ2v) is 4.22. The number of benzene rings is 1. The third kappa shape index (κ3) is 3.12. The first kappa shape index (κ1) is 13.5. The number of carbonyl (C=O) groups excluding carboxylic acids is 1. The van der Waals surface area contributed by atoms with Crippen molar-refractivity contribution in [3.05, 3.63) is 54.4 Å². The van der Waals surface area contributed by atoms with Gasteiger partial charge in [-0.25, -0.2) is 0 Å². The van der Waals surface area contributed by atoms with Gasteiger partial charge in [0.2, 0.25) is 0 Å². The van der Waals surface area contributed by atoms with E-state index in [4.69, 9.17) is 4.74 Å². The molecular weight excluding hydrogens is 308 g/mol. The molecule has 0 aliphatic carbocycles. The van der Waals surface area contributed by atoms with Crippen LogP contribution in [0.25, 0.3) is 0 Å². The number of amides is 1. The molecule has 5 heteroatoms. The van der Waals surface area contributed by atoms with Crippen molar-refractivity contribution in [1.29, 1.82) is 0 Å². The topological polar surface area (TPSA) is 42.2 Å². The molecule has 98 valence electrons. The molecule has 2 heterocycles. The molecule has 0 atom stereocenters. The van der Waals surface area contributed by atoms with Crippen LogP contribution in [0.1, 0.15) is 5.56 Å². The summed E-state index contributed by atoms with van der Waals surface area (Å²) in [6.07, 6.45) is 3.84. The first-order chi connectivity index (χ1) is 8.81. The van der Waals surface area contributed by atoms with Gasteiger partial charge in [-0.05, 0) is 0 Å². The van der Waals surface area contributed by atoms with Gasteiger partial charge in [-0.15, -0.1) is 0 Å². The molecule has 0 spiro atoms. The molecule has 2 aromatic rings. The van der Waals surface area contributed by atoms with E-state index in [9.17, 15) is 4.79 Å². The molecule has 0 unspecified atom stereocenters. The number of anilines is 1. The maximum Gasteiger partial charge on any atom is 0.262 e. The molecule has 0 saturated carbocycles. The highest BCUT2D eigenvalue weighted by molar-refractivity contribution is 5.94. The predicted octanol–water partition coefficient (Wildman–Crippen LogP) is -1.64. The van der Waals surface area contributed by atoms with Crippen LogP contribution in [-0.2, 0) is 11.3 Å². The minimum absolute atomic E-state index is 0. The zero-order valence-corrected chi connectivity index (χ0v) is 11.8. The summed E-state index contributed by atoms with van der Waals surface area (Å²) in [5, 5.41) is 2.80. The summed E-state index contributed by atoms with van der Waals surface area (Å²) in [5.74, 6) is 0.610. The van der Waals surface area contributed by atoms with Gasteiger partial charge in [0.1, 0.15) is 5.69 Å². The van der Waals surface area contributed by atoms with E-state index in [0.29, 0.717) is 0 Å². The van der Waals surface area contributed by atoms with Crippen LogP contribution in [0, 0.1) is 0 Å². The number of hydrogen-bond acceptors (Lipinski definition) is 2. The number of nitrogens with zero attached hydrogens (tertiary/aromatic N) is 1. The number of fused-ring (bicyclic) bond motifs is 1. The zero-order valence-electron chi connectivity index (χ0n) is 10.2. The highest BCUT2D eigenvalue weighted by Gasteiger charge is 2.19. The number of nitrogens with one attached hydrogen (secondary N) is 1. The Bertz CT molecular complexity index is 587.